The van der Waals surface area contributed by atoms with Crippen molar-refractivity contribution in [3.05, 3.63) is 0 Å². The van der Waals surface area contributed by atoms with Crippen molar-refractivity contribution in [2.45, 2.75) is 31.8 Å². The average Bonchev–Trinajstić information content (AvgIpc) is 2.22. The molecule has 5 heteroatoms. The average molecular weight is 214 g/mol. The zero-order valence-corrected chi connectivity index (χ0v) is 9.45. The van der Waals surface area contributed by atoms with Gasteiger partial charge in [0, 0.05) is 18.6 Å². The van der Waals surface area contributed by atoms with Crippen molar-refractivity contribution in [1.82, 2.24) is 10.2 Å². The maximum absolute atomic E-state index is 11.2. The lowest BCUT2D eigenvalue weighted by Crippen LogP contribution is -2.49. The smallest absolute Gasteiger partial charge is 0.396 e. The Labute approximate surface area is 89.8 Å². The number of carbonyl (C=O) groups excluding carboxylic acids is 2. The second-order valence-electron chi connectivity index (χ2n) is 4.02. The normalized spacial score (nSPS) is 27.1. The van der Waals surface area contributed by atoms with E-state index in [2.05, 4.69) is 28.9 Å². The van der Waals surface area contributed by atoms with Gasteiger partial charge < -0.3 is 15.0 Å². The summed E-state index contributed by atoms with van der Waals surface area (Å²) in [5, 5.41) is 2.68. The van der Waals surface area contributed by atoms with Crippen molar-refractivity contribution in [1.29, 1.82) is 0 Å². The van der Waals surface area contributed by atoms with Crippen molar-refractivity contribution in [2.24, 2.45) is 0 Å². The van der Waals surface area contributed by atoms with Gasteiger partial charge >= 0.3 is 11.9 Å². The second kappa shape index (κ2) is 5.11. The first-order valence-electron chi connectivity index (χ1n) is 5.13. The molecule has 0 aliphatic carbocycles. The van der Waals surface area contributed by atoms with E-state index in [0.717, 1.165) is 19.4 Å². The van der Waals surface area contributed by atoms with Crippen LogP contribution >= 0.6 is 0 Å². The molecule has 0 aromatic heterocycles. The number of rotatable bonds is 1. The number of nitrogens with zero attached hydrogens (tertiary/aromatic N) is 1. The monoisotopic (exact) mass is 214 g/mol. The Morgan fingerprint density at radius 3 is 2.67 bits per heavy atom. The van der Waals surface area contributed by atoms with E-state index in [1.54, 1.807) is 0 Å². The summed E-state index contributed by atoms with van der Waals surface area (Å²) in [5.41, 5.74) is 0. The van der Waals surface area contributed by atoms with Crippen LogP contribution in [0.25, 0.3) is 0 Å². The van der Waals surface area contributed by atoms with Crippen molar-refractivity contribution >= 4 is 11.9 Å². The van der Waals surface area contributed by atoms with Gasteiger partial charge in [-0.25, -0.2) is 4.79 Å². The molecule has 1 saturated heterocycles. The number of methoxy groups -OCH3 is 1. The molecule has 1 fully saturated rings. The van der Waals surface area contributed by atoms with E-state index in [1.807, 2.05) is 0 Å². The van der Waals surface area contributed by atoms with Gasteiger partial charge in [0.2, 0.25) is 0 Å². The topological polar surface area (TPSA) is 58.6 Å². The van der Waals surface area contributed by atoms with Crippen LogP contribution in [0.3, 0.4) is 0 Å². The Morgan fingerprint density at radius 2 is 2.13 bits per heavy atom. The van der Waals surface area contributed by atoms with E-state index in [1.165, 1.54) is 7.11 Å². The molecule has 0 aromatic rings. The first-order chi connectivity index (χ1) is 7.04. The summed E-state index contributed by atoms with van der Waals surface area (Å²) in [4.78, 5) is 24.4. The fourth-order valence-electron chi connectivity index (χ4n) is 1.76. The predicted molar refractivity (Wildman–Crippen MR) is 55.3 cm³/mol. The van der Waals surface area contributed by atoms with Gasteiger partial charge in [0.15, 0.2) is 0 Å². The Hall–Kier alpha value is -1.10. The number of amides is 1. The molecule has 0 aromatic carbocycles. The Kier molecular flexibility index (Phi) is 4.08. The van der Waals surface area contributed by atoms with E-state index in [0.29, 0.717) is 6.04 Å². The van der Waals surface area contributed by atoms with Crippen LogP contribution in [-0.4, -0.2) is 49.6 Å². The Balaban J connectivity index is 2.40. The lowest BCUT2D eigenvalue weighted by molar-refractivity contribution is -0.153. The molecule has 15 heavy (non-hydrogen) atoms. The highest BCUT2D eigenvalue weighted by molar-refractivity contribution is 6.32. The molecule has 5 nitrogen and oxygen atoms in total. The van der Waals surface area contributed by atoms with Crippen molar-refractivity contribution < 1.29 is 14.3 Å². The number of esters is 1. The third kappa shape index (κ3) is 3.20. The molecule has 1 heterocycles. The molecule has 1 rings (SSSR count). The van der Waals surface area contributed by atoms with Crippen molar-refractivity contribution in [3.8, 4) is 0 Å². The van der Waals surface area contributed by atoms with E-state index in [-0.39, 0.29) is 6.04 Å². The van der Waals surface area contributed by atoms with E-state index in [4.69, 9.17) is 0 Å². The highest BCUT2D eigenvalue weighted by Gasteiger charge is 2.26. The van der Waals surface area contributed by atoms with Gasteiger partial charge in [-0.15, -0.1) is 0 Å². The number of nitrogens with one attached hydrogen (secondary N) is 1. The largest absolute Gasteiger partial charge is 0.462 e. The highest BCUT2D eigenvalue weighted by atomic mass is 16.5. The quantitative estimate of drug-likeness (QED) is 0.483. The fourth-order valence-corrected chi connectivity index (χ4v) is 1.76. The molecule has 0 saturated carbocycles. The summed E-state index contributed by atoms with van der Waals surface area (Å²) in [6, 6.07) is 0.518. The van der Waals surface area contributed by atoms with Crippen molar-refractivity contribution in [2.75, 3.05) is 20.7 Å². The molecule has 1 aliphatic rings. The van der Waals surface area contributed by atoms with Gasteiger partial charge in [-0.2, -0.15) is 0 Å². The van der Waals surface area contributed by atoms with E-state index in [9.17, 15) is 9.59 Å². The van der Waals surface area contributed by atoms with Crippen molar-refractivity contribution in [3.63, 3.8) is 0 Å². The standard InChI is InChI=1S/C10H18N2O3/c1-7-6-8(4-5-12(7)2)11-9(13)10(14)15-3/h7-8H,4-6H2,1-3H3,(H,11,13). The first kappa shape index (κ1) is 12.0. The molecule has 1 aliphatic heterocycles. The van der Waals surface area contributed by atoms with Crippen LogP contribution < -0.4 is 5.32 Å². The lowest BCUT2D eigenvalue weighted by Gasteiger charge is -2.35. The SMILES string of the molecule is COC(=O)C(=O)NC1CCN(C)C(C)C1. The van der Waals surface area contributed by atoms with Crippen LogP contribution in [-0.2, 0) is 14.3 Å². The number of ether oxygens (including phenoxy) is 1. The third-order valence-electron chi connectivity index (χ3n) is 2.91. The maximum Gasteiger partial charge on any atom is 0.396 e. The van der Waals surface area contributed by atoms with Crippen LogP contribution in [0, 0.1) is 0 Å². The Bertz CT molecular complexity index is 255. The van der Waals surface area contributed by atoms with Gasteiger partial charge in [-0.3, -0.25) is 4.79 Å². The second-order valence-corrected chi connectivity index (χ2v) is 4.02. The van der Waals surface area contributed by atoms with Gasteiger partial charge in [-0.05, 0) is 26.8 Å². The lowest BCUT2D eigenvalue weighted by atomic mass is 9.99. The summed E-state index contributed by atoms with van der Waals surface area (Å²) >= 11 is 0. The minimum atomic E-state index is -0.818. The summed E-state index contributed by atoms with van der Waals surface area (Å²) in [6.07, 6.45) is 1.75. The highest BCUT2D eigenvalue weighted by Crippen LogP contribution is 2.14. The number of likely N-dealkylation sites (tertiary alicyclic amines) is 1. The van der Waals surface area contributed by atoms with Crippen LogP contribution in [0.2, 0.25) is 0 Å². The Morgan fingerprint density at radius 1 is 1.47 bits per heavy atom. The van der Waals surface area contributed by atoms with E-state index >= 15 is 0 Å². The molecule has 0 spiro atoms. The molecule has 2 atom stereocenters. The molecule has 0 bridgehead atoms. The number of hydrogen-bond acceptors (Lipinski definition) is 4. The van der Waals surface area contributed by atoms with E-state index < -0.39 is 11.9 Å². The van der Waals surface area contributed by atoms with Gasteiger partial charge in [0.05, 0.1) is 7.11 Å². The predicted octanol–water partition coefficient (Wildman–Crippen LogP) is -0.242. The summed E-state index contributed by atoms with van der Waals surface area (Å²) in [5.74, 6) is -1.46. The van der Waals surface area contributed by atoms with Crippen LogP contribution in [0.15, 0.2) is 0 Å². The zero-order chi connectivity index (χ0) is 11.4. The fraction of sp³-hybridized carbons (Fsp3) is 0.800. The molecule has 2 unspecified atom stereocenters. The van der Waals surface area contributed by atoms with Crippen LogP contribution in [0.1, 0.15) is 19.8 Å². The molecular formula is C10H18N2O3. The molecule has 86 valence electrons. The summed E-state index contributed by atoms with van der Waals surface area (Å²) in [7, 11) is 3.27. The van der Waals surface area contributed by atoms with Gasteiger partial charge in [0.25, 0.3) is 0 Å². The zero-order valence-electron chi connectivity index (χ0n) is 9.45. The first-order valence-corrected chi connectivity index (χ1v) is 5.13. The van der Waals surface area contributed by atoms with Crippen LogP contribution in [0.4, 0.5) is 0 Å². The summed E-state index contributed by atoms with van der Waals surface area (Å²) < 4.78 is 4.34. The molecule has 1 N–H and O–H groups in total. The minimum absolute atomic E-state index is 0.0859. The molecule has 1 amide bonds. The molecule has 0 radical (unpaired) electrons. The van der Waals surface area contributed by atoms with Crippen LogP contribution in [0.5, 0.6) is 0 Å². The molecular weight excluding hydrogens is 196 g/mol. The number of piperidine rings is 1. The number of hydrogen-bond donors (Lipinski definition) is 1. The van der Waals surface area contributed by atoms with Gasteiger partial charge in [-0.1, -0.05) is 0 Å². The number of carbonyl (C=O) groups is 2. The van der Waals surface area contributed by atoms with Gasteiger partial charge in [0.1, 0.15) is 0 Å². The third-order valence-corrected chi connectivity index (χ3v) is 2.91. The maximum atomic E-state index is 11.2. The minimum Gasteiger partial charge on any atom is -0.462 e. The summed E-state index contributed by atoms with van der Waals surface area (Å²) in [6.45, 7) is 3.05.